The minimum absolute atomic E-state index is 0.0761. The van der Waals surface area contributed by atoms with Crippen molar-refractivity contribution in [2.45, 2.75) is 103 Å². The molecule has 2 unspecified atom stereocenters. The number of aryl methyl sites for hydroxylation is 1. The van der Waals surface area contributed by atoms with E-state index in [0.717, 1.165) is 67.9 Å². The Kier molecular flexibility index (Phi) is 9.04. The van der Waals surface area contributed by atoms with Gasteiger partial charge in [0, 0.05) is 37.4 Å². The molecule has 2 aliphatic heterocycles. The zero-order valence-corrected chi connectivity index (χ0v) is 25.2. The molecular formula is C32H47N5O4. The van der Waals surface area contributed by atoms with Gasteiger partial charge in [0.05, 0.1) is 24.6 Å². The summed E-state index contributed by atoms with van der Waals surface area (Å²) in [5.74, 6) is 0.697. The lowest BCUT2D eigenvalue weighted by atomic mass is 9.78. The number of nitrogens with one attached hydrogen (secondary N) is 1. The van der Waals surface area contributed by atoms with E-state index in [1.165, 1.54) is 12.0 Å². The van der Waals surface area contributed by atoms with Crippen LogP contribution in [0.3, 0.4) is 0 Å². The summed E-state index contributed by atoms with van der Waals surface area (Å²) in [6.45, 7) is 8.99. The molecule has 1 saturated carbocycles. The molecule has 1 aromatic heterocycles. The summed E-state index contributed by atoms with van der Waals surface area (Å²) in [6.07, 6.45) is 7.32. The molecule has 3 heterocycles. The standard InChI is InChI=1S/C32H47N5O4/c1-5-6-18-36-30(39)28(29(38)24-10-8-7-9-11-24)33-31(40)32(36)16-19-35(20-17-32)21-27-22(2)34-37(23(27)3)25-12-14-26(41-4)15-13-25/h12-15,24,28-29,38H,5-11,16-21H2,1-4H3,(H,33,40). The maximum absolute atomic E-state index is 13.9. The average molecular weight is 566 g/mol. The maximum Gasteiger partial charge on any atom is 0.248 e. The van der Waals surface area contributed by atoms with Gasteiger partial charge in [-0.15, -0.1) is 0 Å². The molecule has 1 aromatic carbocycles. The molecule has 1 aliphatic carbocycles. The Balaban J connectivity index is 1.29. The highest BCUT2D eigenvalue weighted by Crippen LogP contribution is 2.37. The van der Waals surface area contributed by atoms with E-state index in [0.29, 0.717) is 32.5 Å². The highest BCUT2D eigenvalue weighted by Gasteiger charge is 2.55. The summed E-state index contributed by atoms with van der Waals surface area (Å²) in [5, 5.41) is 19.0. The van der Waals surface area contributed by atoms with E-state index in [2.05, 4.69) is 24.1 Å². The number of aliphatic hydroxyl groups excluding tert-OH is 1. The molecule has 2 N–H and O–H groups in total. The molecule has 0 bridgehead atoms. The van der Waals surface area contributed by atoms with Crippen LogP contribution in [0.4, 0.5) is 0 Å². The second-order valence-electron chi connectivity index (χ2n) is 12.3. The third-order valence-electron chi connectivity index (χ3n) is 9.79. The van der Waals surface area contributed by atoms with Crippen molar-refractivity contribution in [2.24, 2.45) is 5.92 Å². The molecule has 3 fully saturated rings. The molecule has 41 heavy (non-hydrogen) atoms. The molecule has 9 heteroatoms. The zero-order chi connectivity index (χ0) is 29.1. The summed E-state index contributed by atoms with van der Waals surface area (Å²) >= 11 is 0. The minimum Gasteiger partial charge on any atom is -0.497 e. The van der Waals surface area contributed by atoms with Gasteiger partial charge in [-0.1, -0.05) is 32.6 Å². The van der Waals surface area contributed by atoms with Crippen LogP contribution in [-0.4, -0.2) is 80.9 Å². The van der Waals surface area contributed by atoms with Crippen molar-refractivity contribution >= 4 is 11.8 Å². The lowest BCUT2D eigenvalue weighted by molar-refractivity contribution is -0.166. The van der Waals surface area contributed by atoms with Crippen LogP contribution in [0, 0.1) is 19.8 Å². The van der Waals surface area contributed by atoms with Crippen molar-refractivity contribution in [1.29, 1.82) is 0 Å². The van der Waals surface area contributed by atoms with E-state index in [4.69, 9.17) is 9.84 Å². The van der Waals surface area contributed by atoms with Crippen molar-refractivity contribution in [1.82, 2.24) is 24.9 Å². The quantitative estimate of drug-likeness (QED) is 0.479. The fraction of sp³-hybridized carbons (Fsp3) is 0.656. The molecule has 224 valence electrons. The first-order valence-electron chi connectivity index (χ1n) is 15.5. The van der Waals surface area contributed by atoms with Crippen molar-refractivity contribution in [3.8, 4) is 11.4 Å². The first-order valence-corrected chi connectivity index (χ1v) is 15.5. The second kappa shape index (κ2) is 12.5. The molecule has 2 atom stereocenters. The predicted molar refractivity (Wildman–Crippen MR) is 158 cm³/mol. The Labute approximate surface area is 244 Å². The van der Waals surface area contributed by atoms with Gasteiger partial charge in [0.25, 0.3) is 0 Å². The van der Waals surface area contributed by atoms with E-state index >= 15 is 0 Å². The van der Waals surface area contributed by atoms with Crippen LogP contribution in [0.15, 0.2) is 24.3 Å². The van der Waals surface area contributed by atoms with Crippen LogP contribution in [-0.2, 0) is 16.1 Å². The van der Waals surface area contributed by atoms with Gasteiger partial charge in [-0.3, -0.25) is 14.5 Å². The largest absolute Gasteiger partial charge is 0.497 e. The summed E-state index contributed by atoms with van der Waals surface area (Å²) in [6, 6.07) is 7.06. The predicted octanol–water partition coefficient (Wildman–Crippen LogP) is 3.90. The molecule has 2 saturated heterocycles. The number of carbonyl (C=O) groups is 2. The molecule has 2 amide bonds. The molecule has 2 aromatic rings. The van der Waals surface area contributed by atoms with E-state index in [9.17, 15) is 14.7 Å². The van der Waals surface area contributed by atoms with Crippen LogP contribution in [0.5, 0.6) is 5.75 Å². The number of piperazine rings is 1. The lowest BCUT2D eigenvalue weighted by Crippen LogP contribution is -2.75. The average Bonchev–Trinajstić information content (AvgIpc) is 3.28. The topological polar surface area (TPSA) is 99.9 Å². The van der Waals surface area contributed by atoms with Crippen molar-refractivity contribution in [2.75, 3.05) is 26.7 Å². The molecule has 9 nitrogen and oxygen atoms in total. The van der Waals surface area contributed by atoms with Crippen molar-refractivity contribution < 1.29 is 19.4 Å². The van der Waals surface area contributed by atoms with Gasteiger partial charge in [-0.25, -0.2) is 4.68 Å². The number of piperidine rings is 1. The molecule has 1 spiro atoms. The van der Waals surface area contributed by atoms with E-state index in [-0.39, 0.29) is 17.7 Å². The number of hydrogen-bond acceptors (Lipinski definition) is 6. The van der Waals surface area contributed by atoms with E-state index in [1.807, 2.05) is 40.8 Å². The van der Waals surface area contributed by atoms with Crippen LogP contribution in [0.25, 0.3) is 5.69 Å². The summed E-state index contributed by atoms with van der Waals surface area (Å²) in [4.78, 5) is 31.9. The van der Waals surface area contributed by atoms with Crippen LogP contribution >= 0.6 is 0 Å². The number of likely N-dealkylation sites (tertiary alicyclic amines) is 1. The fourth-order valence-electron chi connectivity index (χ4n) is 7.14. The number of nitrogens with zero attached hydrogens (tertiary/aromatic N) is 4. The lowest BCUT2D eigenvalue weighted by Gasteiger charge is -2.52. The van der Waals surface area contributed by atoms with Crippen molar-refractivity contribution in [3.63, 3.8) is 0 Å². The first kappa shape index (κ1) is 29.6. The molecular weight excluding hydrogens is 518 g/mol. The fourth-order valence-corrected chi connectivity index (χ4v) is 7.14. The summed E-state index contributed by atoms with van der Waals surface area (Å²) in [7, 11) is 1.66. The number of aliphatic hydroxyl groups is 1. The van der Waals surface area contributed by atoms with E-state index < -0.39 is 17.7 Å². The highest BCUT2D eigenvalue weighted by molar-refractivity contribution is 6.00. The number of rotatable bonds is 9. The highest BCUT2D eigenvalue weighted by atomic mass is 16.5. The number of carbonyl (C=O) groups excluding carboxylic acids is 2. The Morgan fingerprint density at radius 1 is 1.10 bits per heavy atom. The Hall–Kier alpha value is -2.91. The monoisotopic (exact) mass is 565 g/mol. The smallest absolute Gasteiger partial charge is 0.248 e. The van der Waals surface area contributed by atoms with Gasteiger partial charge in [0.15, 0.2) is 0 Å². The van der Waals surface area contributed by atoms with Gasteiger partial charge in [0.2, 0.25) is 11.8 Å². The molecule has 3 aliphatic rings. The number of unbranched alkanes of at least 4 members (excludes halogenated alkanes) is 1. The Bertz CT molecular complexity index is 1210. The second-order valence-corrected chi connectivity index (χ2v) is 12.3. The SMILES string of the molecule is CCCCN1C(=O)C(C(O)C2CCCCC2)NC(=O)C12CCN(Cc1c(C)nn(-c3ccc(OC)cc3)c1C)CC2. The van der Waals surface area contributed by atoms with Gasteiger partial charge >= 0.3 is 0 Å². The number of hydrogen-bond donors (Lipinski definition) is 2. The number of aromatic nitrogens is 2. The minimum atomic E-state index is -0.844. The summed E-state index contributed by atoms with van der Waals surface area (Å²) < 4.78 is 7.28. The van der Waals surface area contributed by atoms with Gasteiger partial charge in [-0.2, -0.15) is 5.10 Å². The molecule has 5 rings (SSSR count). The Morgan fingerprint density at radius 3 is 2.41 bits per heavy atom. The van der Waals surface area contributed by atoms with Gasteiger partial charge in [-0.05, 0) is 76.1 Å². The molecule has 0 radical (unpaired) electrons. The third-order valence-corrected chi connectivity index (χ3v) is 9.79. The Morgan fingerprint density at radius 2 is 1.78 bits per heavy atom. The van der Waals surface area contributed by atoms with E-state index in [1.54, 1.807) is 7.11 Å². The normalized spacial score (nSPS) is 22.7. The zero-order valence-electron chi connectivity index (χ0n) is 25.2. The van der Waals surface area contributed by atoms with Crippen molar-refractivity contribution in [3.05, 3.63) is 41.2 Å². The number of amides is 2. The maximum atomic E-state index is 13.9. The number of methoxy groups -OCH3 is 1. The van der Waals surface area contributed by atoms with Crippen LogP contribution in [0.2, 0.25) is 0 Å². The first-order chi connectivity index (χ1) is 19.8. The van der Waals surface area contributed by atoms with Gasteiger partial charge in [0.1, 0.15) is 17.3 Å². The van der Waals surface area contributed by atoms with Gasteiger partial charge < -0.3 is 20.1 Å². The van der Waals surface area contributed by atoms with Crippen LogP contribution < -0.4 is 10.1 Å². The third kappa shape index (κ3) is 5.75. The number of benzene rings is 1. The summed E-state index contributed by atoms with van der Waals surface area (Å²) in [5.41, 5.74) is 3.43. The number of ether oxygens (including phenoxy) is 1. The van der Waals surface area contributed by atoms with Crippen LogP contribution in [0.1, 0.15) is 81.7 Å².